The Morgan fingerprint density at radius 1 is 0.778 bits per heavy atom. The summed E-state index contributed by atoms with van der Waals surface area (Å²) in [6.07, 6.45) is 0. The van der Waals surface area contributed by atoms with Crippen molar-refractivity contribution in [1.29, 1.82) is 0 Å². The quantitative estimate of drug-likeness (QED) is 0.674. The van der Waals surface area contributed by atoms with Gasteiger partial charge in [0.25, 0.3) is 0 Å². The Labute approximate surface area is 115 Å². The maximum atomic E-state index is 4.49. The minimum Gasteiger partial charge on any atom is -0.173 e. The van der Waals surface area contributed by atoms with Crippen LogP contribution in [0, 0.1) is 0 Å². The second-order valence-electron chi connectivity index (χ2n) is 6.62. The summed E-state index contributed by atoms with van der Waals surface area (Å²) in [4.78, 5) is 0. The van der Waals surface area contributed by atoms with E-state index < -0.39 is 0 Å². The highest BCUT2D eigenvalue weighted by Crippen LogP contribution is 2.35. The van der Waals surface area contributed by atoms with Crippen LogP contribution < -0.4 is 0 Å². The zero-order valence-corrected chi connectivity index (χ0v) is 12.3. The van der Waals surface area contributed by atoms with Crippen LogP contribution in [0.5, 0.6) is 0 Å². The summed E-state index contributed by atoms with van der Waals surface area (Å²) in [5.41, 5.74) is 4.96. The molecule has 2 aromatic rings. The summed E-state index contributed by atoms with van der Waals surface area (Å²) >= 11 is 1.31. The average molecular weight is 264 g/mol. The third kappa shape index (κ3) is 2.56. The number of hydrogen-bond donors (Lipinski definition) is 0. The van der Waals surface area contributed by atoms with Crippen LogP contribution in [0.1, 0.15) is 60.1 Å². The lowest BCUT2D eigenvalue weighted by molar-refractivity contribution is 0.584. The van der Waals surface area contributed by atoms with Crippen molar-refractivity contribution < 1.29 is 0 Å². The standard InChI is InChI=1S/C14H20N2S.CH4/c1-13(2,3)9-7-8-10(14(4,5)6)12-11(9)15-17-16-12;/h7-8H,1-6H3;1H4. The fourth-order valence-electron chi connectivity index (χ4n) is 2.08. The van der Waals surface area contributed by atoms with Crippen molar-refractivity contribution >= 4 is 22.8 Å². The molecular weight excluding hydrogens is 240 g/mol. The molecule has 0 bridgehead atoms. The van der Waals surface area contributed by atoms with Crippen molar-refractivity contribution in [3.8, 4) is 0 Å². The number of rotatable bonds is 0. The van der Waals surface area contributed by atoms with Crippen LogP contribution in [-0.2, 0) is 10.8 Å². The molecule has 0 spiro atoms. The summed E-state index contributed by atoms with van der Waals surface area (Å²) in [5, 5.41) is 0. The number of fused-ring (bicyclic) bond motifs is 1. The molecule has 0 saturated carbocycles. The molecule has 0 aliphatic rings. The highest BCUT2D eigenvalue weighted by atomic mass is 32.1. The van der Waals surface area contributed by atoms with Crippen LogP contribution >= 0.6 is 11.7 Å². The first-order valence-electron chi connectivity index (χ1n) is 5.97. The Morgan fingerprint density at radius 3 is 1.39 bits per heavy atom. The first-order valence-corrected chi connectivity index (χ1v) is 6.70. The van der Waals surface area contributed by atoms with Gasteiger partial charge in [0.2, 0.25) is 0 Å². The molecule has 1 aromatic heterocycles. The lowest BCUT2D eigenvalue weighted by Gasteiger charge is -2.23. The molecule has 0 saturated heterocycles. The van der Waals surface area contributed by atoms with E-state index in [0.717, 1.165) is 11.0 Å². The van der Waals surface area contributed by atoms with Crippen LogP contribution in [0.2, 0.25) is 0 Å². The van der Waals surface area contributed by atoms with Crippen LogP contribution in [0.3, 0.4) is 0 Å². The molecule has 0 atom stereocenters. The number of nitrogens with zero attached hydrogens (tertiary/aromatic N) is 2. The summed E-state index contributed by atoms with van der Waals surface area (Å²) in [6.45, 7) is 13.3. The number of benzene rings is 1. The number of aromatic nitrogens is 2. The normalized spacial score (nSPS) is 12.6. The molecule has 0 N–H and O–H groups in total. The minimum atomic E-state index is 0. The van der Waals surface area contributed by atoms with E-state index >= 15 is 0 Å². The van der Waals surface area contributed by atoms with Gasteiger partial charge < -0.3 is 0 Å². The Hall–Kier alpha value is -0.960. The third-order valence-corrected chi connectivity index (χ3v) is 3.56. The van der Waals surface area contributed by atoms with Gasteiger partial charge in [-0.15, -0.1) is 0 Å². The average Bonchev–Trinajstić information content (AvgIpc) is 2.60. The van der Waals surface area contributed by atoms with Crippen molar-refractivity contribution in [3.05, 3.63) is 23.3 Å². The van der Waals surface area contributed by atoms with E-state index in [-0.39, 0.29) is 18.3 Å². The molecule has 0 radical (unpaired) electrons. The van der Waals surface area contributed by atoms with E-state index in [1.807, 2.05) is 0 Å². The van der Waals surface area contributed by atoms with Gasteiger partial charge in [-0.1, -0.05) is 61.1 Å². The molecule has 0 unspecified atom stereocenters. The molecule has 0 aliphatic heterocycles. The summed E-state index contributed by atoms with van der Waals surface area (Å²) in [7, 11) is 0. The molecule has 1 aromatic carbocycles. The predicted molar refractivity (Wildman–Crippen MR) is 81.5 cm³/mol. The Bertz CT molecular complexity index is 494. The highest BCUT2D eigenvalue weighted by Gasteiger charge is 2.24. The second kappa shape index (κ2) is 4.61. The molecule has 1 heterocycles. The van der Waals surface area contributed by atoms with E-state index in [9.17, 15) is 0 Å². The van der Waals surface area contributed by atoms with E-state index in [2.05, 4.69) is 62.4 Å². The van der Waals surface area contributed by atoms with Gasteiger partial charge in [-0.25, -0.2) is 0 Å². The van der Waals surface area contributed by atoms with E-state index in [4.69, 9.17) is 0 Å². The Balaban J connectivity index is 0.00000162. The largest absolute Gasteiger partial charge is 0.173 e. The van der Waals surface area contributed by atoms with Crippen molar-refractivity contribution in [1.82, 2.24) is 8.75 Å². The lowest BCUT2D eigenvalue weighted by atomic mass is 9.81. The van der Waals surface area contributed by atoms with Gasteiger partial charge in [-0.3, -0.25) is 0 Å². The third-order valence-electron chi connectivity index (χ3n) is 3.03. The van der Waals surface area contributed by atoms with Crippen LogP contribution in [0.25, 0.3) is 11.0 Å². The van der Waals surface area contributed by atoms with Gasteiger partial charge >= 0.3 is 0 Å². The second-order valence-corrected chi connectivity index (χ2v) is 7.15. The topological polar surface area (TPSA) is 25.8 Å². The van der Waals surface area contributed by atoms with Crippen molar-refractivity contribution in [2.45, 2.75) is 59.8 Å². The van der Waals surface area contributed by atoms with Gasteiger partial charge in [0, 0.05) is 0 Å². The fraction of sp³-hybridized carbons (Fsp3) is 0.600. The molecule has 100 valence electrons. The van der Waals surface area contributed by atoms with Crippen molar-refractivity contribution in [3.63, 3.8) is 0 Å². The van der Waals surface area contributed by atoms with Crippen molar-refractivity contribution in [2.24, 2.45) is 0 Å². The monoisotopic (exact) mass is 264 g/mol. The van der Waals surface area contributed by atoms with Crippen LogP contribution in [-0.4, -0.2) is 8.75 Å². The van der Waals surface area contributed by atoms with Gasteiger partial charge in [0.05, 0.1) is 11.7 Å². The maximum Gasteiger partial charge on any atom is 0.108 e. The van der Waals surface area contributed by atoms with E-state index in [1.54, 1.807) is 0 Å². The van der Waals surface area contributed by atoms with Gasteiger partial charge in [0.1, 0.15) is 11.0 Å². The Kier molecular flexibility index (Phi) is 3.87. The van der Waals surface area contributed by atoms with Gasteiger partial charge in [-0.2, -0.15) is 8.75 Å². The van der Waals surface area contributed by atoms with Gasteiger partial charge in [0.15, 0.2) is 0 Å². The molecule has 0 aliphatic carbocycles. The summed E-state index contributed by atoms with van der Waals surface area (Å²) in [5.74, 6) is 0. The summed E-state index contributed by atoms with van der Waals surface area (Å²) < 4.78 is 8.98. The van der Waals surface area contributed by atoms with Crippen LogP contribution in [0.15, 0.2) is 12.1 Å². The first-order chi connectivity index (χ1) is 7.71. The van der Waals surface area contributed by atoms with Gasteiger partial charge in [-0.05, 0) is 22.0 Å². The molecule has 18 heavy (non-hydrogen) atoms. The SMILES string of the molecule is C.CC(C)(C)c1ccc(C(C)(C)C)c2nsnc12. The molecule has 2 rings (SSSR count). The predicted octanol–water partition coefficient (Wildman–Crippen LogP) is 4.92. The smallest absolute Gasteiger partial charge is 0.108 e. The van der Waals surface area contributed by atoms with Crippen molar-refractivity contribution in [2.75, 3.05) is 0 Å². The van der Waals surface area contributed by atoms with Crippen LogP contribution in [0.4, 0.5) is 0 Å². The fourth-order valence-corrected chi connectivity index (χ4v) is 2.65. The zero-order valence-electron chi connectivity index (χ0n) is 11.5. The molecule has 3 heteroatoms. The molecule has 0 fully saturated rings. The maximum absolute atomic E-state index is 4.49. The van der Waals surface area contributed by atoms with E-state index in [1.165, 1.54) is 22.9 Å². The zero-order chi connectivity index (χ0) is 12.8. The highest BCUT2D eigenvalue weighted by molar-refractivity contribution is 7.00. The molecular formula is C15H24N2S. The Morgan fingerprint density at radius 2 is 1.11 bits per heavy atom. The minimum absolute atomic E-state index is 0. The van der Waals surface area contributed by atoms with E-state index in [0.29, 0.717) is 0 Å². The molecule has 0 amide bonds. The molecule has 2 nitrogen and oxygen atoms in total. The lowest BCUT2D eigenvalue weighted by Crippen LogP contribution is -2.16. The first kappa shape index (κ1) is 15.1. The summed E-state index contributed by atoms with van der Waals surface area (Å²) in [6, 6.07) is 4.43. The number of hydrogen-bond acceptors (Lipinski definition) is 3.